The Labute approximate surface area is 233 Å². The zero-order valence-electron chi connectivity index (χ0n) is 24.0. The third-order valence-corrected chi connectivity index (χ3v) is 8.05. The summed E-state index contributed by atoms with van der Waals surface area (Å²) in [6.07, 6.45) is 6.30. The Morgan fingerprint density at radius 1 is 1.15 bits per heavy atom. The molecule has 1 aliphatic rings. The monoisotopic (exact) mass is 537 g/mol. The van der Waals surface area contributed by atoms with Gasteiger partial charge in [0.05, 0.1) is 16.8 Å². The van der Waals surface area contributed by atoms with E-state index in [0.29, 0.717) is 17.9 Å². The van der Waals surface area contributed by atoms with E-state index >= 15 is 0 Å². The second-order valence-electron chi connectivity index (χ2n) is 12.0. The molecule has 6 rings (SSSR count). The van der Waals surface area contributed by atoms with Gasteiger partial charge in [0, 0.05) is 36.3 Å². The second-order valence-corrected chi connectivity index (χ2v) is 12.0. The Balaban J connectivity index is 1.32. The zero-order valence-corrected chi connectivity index (χ0v) is 24.0. The van der Waals surface area contributed by atoms with Crippen molar-refractivity contribution >= 4 is 16.9 Å². The maximum atomic E-state index is 13.2. The number of imidazole rings is 1. The number of ketones is 1. The highest BCUT2D eigenvalue weighted by Gasteiger charge is 2.28. The number of nitrogens with zero attached hydrogens (tertiary/aromatic N) is 6. The lowest BCUT2D eigenvalue weighted by Gasteiger charge is -2.17. The molecule has 9 heteroatoms. The average molecular weight is 538 g/mol. The van der Waals surface area contributed by atoms with Crippen molar-refractivity contribution in [2.45, 2.75) is 78.1 Å². The first-order chi connectivity index (χ1) is 19.1. The SMILES string of the molecule is Cc1nn(C)c(C)c1-c1nc2nccc(-c3ccc4c(c3)CCCC[C@@H]4CC(=O)c3nc(C(C)(C)C)no3)c2[nH]1. The van der Waals surface area contributed by atoms with Crippen molar-refractivity contribution in [3.8, 4) is 22.5 Å². The van der Waals surface area contributed by atoms with Gasteiger partial charge in [-0.15, -0.1) is 0 Å². The van der Waals surface area contributed by atoms with Gasteiger partial charge in [-0.2, -0.15) is 10.1 Å². The van der Waals surface area contributed by atoms with Crippen LogP contribution in [0.1, 0.15) is 91.4 Å². The van der Waals surface area contributed by atoms with E-state index in [1.165, 1.54) is 11.1 Å². The Morgan fingerprint density at radius 3 is 2.70 bits per heavy atom. The summed E-state index contributed by atoms with van der Waals surface area (Å²) in [4.78, 5) is 30.5. The van der Waals surface area contributed by atoms with E-state index in [9.17, 15) is 4.79 Å². The summed E-state index contributed by atoms with van der Waals surface area (Å²) in [5.74, 6) is 1.48. The smallest absolute Gasteiger partial charge is 0.294 e. The molecule has 0 aliphatic heterocycles. The number of aromatic nitrogens is 7. The van der Waals surface area contributed by atoms with Gasteiger partial charge in [0.15, 0.2) is 11.5 Å². The van der Waals surface area contributed by atoms with Gasteiger partial charge in [-0.25, -0.2) is 9.97 Å². The molecular formula is C31H35N7O2. The van der Waals surface area contributed by atoms with E-state index in [0.717, 1.165) is 65.1 Å². The molecule has 4 heterocycles. The van der Waals surface area contributed by atoms with E-state index in [1.54, 1.807) is 0 Å². The molecule has 0 radical (unpaired) electrons. The molecule has 206 valence electrons. The lowest BCUT2D eigenvalue weighted by atomic mass is 9.87. The van der Waals surface area contributed by atoms with Gasteiger partial charge in [-0.3, -0.25) is 9.48 Å². The predicted octanol–water partition coefficient (Wildman–Crippen LogP) is 6.41. The molecule has 9 nitrogen and oxygen atoms in total. The standard InChI is InChI=1S/C31H35N7O2/c1-17-25(18(2)38(6)36-17)27-33-26-23(13-14-32-28(26)34-27)21-11-12-22-19(15-21)9-7-8-10-20(22)16-24(39)29-35-30(37-40-29)31(3,4)5/h11-15,20H,7-10,16H2,1-6H3,(H,32,33,34)/t20-/m1/s1. The highest BCUT2D eigenvalue weighted by Crippen LogP contribution is 2.38. The summed E-state index contributed by atoms with van der Waals surface area (Å²) >= 11 is 0. The first kappa shape index (κ1) is 26.1. The van der Waals surface area contributed by atoms with Crippen LogP contribution in [0.3, 0.4) is 0 Å². The van der Waals surface area contributed by atoms with Gasteiger partial charge in [-0.1, -0.05) is 50.5 Å². The normalized spacial score (nSPS) is 15.8. The summed E-state index contributed by atoms with van der Waals surface area (Å²) in [7, 11) is 1.94. The molecule has 0 bridgehead atoms. The highest BCUT2D eigenvalue weighted by molar-refractivity contribution is 5.93. The summed E-state index contributed by atoms with van der Waals surface area (Å²) in [6.45, 7) is 10.1. The lowest BCUT2D eigenvalue weighted by molar-refractivity contribution is 0.0929. The van der Waals surface area contributed by atoms with Crippen LogP contribution < -0.4 is 0 Å². The maximum absolute atomic E-state index is 13.2. The quantitative estimate of drug-likeness (QED) is 0.204. The predicted molar refractivity (Wildman–Crippen MR) is 153 cm³/mol. The number of aromatic amines is 1. The average Bonchev–Trinajstić information content (AvgIpc) is 3.59. The van der Waals surface area contributed by atoms with Gasteiger partial charge in [0.1, 0.15) is 5.82 Å². The number of Topliss-reactive ketones (excluding diaryl/α,β-unsaturated/α-hetero) is 1. The van der Waals surface area contributed by atoms with Crippen molar-refractivity contribution in [1.29, 1.82) is 0 Å². The number of rotatable bonds is 5. The number of nitrogens with one attached hydrogen (secondary N) is 1. The number of aryl methyl sites for hydroxylation is 3. The van der Waals surface area contributed by atoms with E-state index in [2.05, 4.69) is 43.4 Å². The largest absolute Gasteiger partial charge is 0.336 e. The Kier molecular flexibility index (Phi) is 6.40. The fourth-order valence-corrected chi connectivity index (χ4v) is 5.80. The molecule has 0 saturated heterocycles. The van der Waals surface area contributed by atoms with Crippen LogP contribution in [-0.2, 0) is 18.9 Å². The summed E-state index contributed by atoms with van der Waals surface area (Å²) in [5.41, 5.74) is 9.02. The molecule has 0 spiro atoms. The van der Waals surface area contributed by atoms with Crippen molar-refractivity contribution in [2.75, 3.05) is 0 Å². The van der Waals surface area contributed by atoms with E-state index in [-0.39, 0.29) is 23.0 Å². The lowest BCUT2D eigenvalue weighted by Crippen LogP contribution is -2.14. The van der Waals surface area contributed by atoms with Crippen LogP contribution in [0.15, 0.2) is 35.0 Å². The van der Waals surface area contributed by atoms with Crippen LogP contribution >= 0.6 is 0 Å². The zero-order chi connectivity index (χ0) is 28.2. The topological polar surface area (TPSA) is 115 Å². The molecule has 5 aromatic rings. The van der Waals surface area contributed by atoms with Crippen LogP contribution in [0, 0.1) is 13.8 Å². The number of H-pyrrole nitrogens is 1. The molecule has 1 aliphatic carbocycles. The van der Waals surface area contributed by atoms with Gasteiger partial charge in [0.25, 0.3) is 5.89 Å². The number of fused-ring (bicyclic) bond motifs is 2. The first-order valence-corrected chi connectivity index (χ1v) is 14.0. The van der Waals surface area contributed by atoms with Gasteiger partial charge >= 0.3 is 0 Å². The Hall–Kier alpha value is -4.14. The number of hydrogen-bond acceptors (Lipinski definition) is 7. The van der Waals surface area contributed by atoms with Crippen LogP contribution in [0.25, 0.3) is 33.7 Å². The molecular weight excluding hydrogens is 502 g/mol. The molecule has 4 aromatic heterocycles. The number of pyridine rings is 1. The van der Waals surface area contributed by atoms with Crippen molar-refractivity contribution < 1.29 is 9.32 Å². The van der Waals surface area contributed by atoms with Crippen LogP contribution in [0.2, 0.25) is 0 Å². The Morgan fingerprint density at radius 2 is 1.98 bits per heavy atom. The van der Waals surface area contributed by atoms with Crippen molar-refractivity contribution in [2.24, 2.45) is 7.05 Å². The van der Waals surface area contributed by atoms with E-state index < -0.39 is 0 Å². The summed E-state index contributed by atoms with van der Waals surface area (Å²) < 4.78 is 7.23. The van der Waals surface area contributed by atoms with E-state index in [4.69, 9.17) is 9.51 Å². The minimum Gasteiger partial charge on any atom is -0.336 e. The molecule has 0 amide bonds. The maximum Gasteiger partial charge on any atom is 0.294 e. The summed E-state index contributed by atoms with van der Waals surface area (Å²) in [5, 5.41) is 8.59. The fraction of sp³-hybridized carbons (Fsp3) is 0.419. The van der Waals surface area contributed by atoms with Crippen LogP contribution in [0.4, 0.5) is 0 Å². The minimum atomic E-state index is -0.267. The molecule has 1 N–H and O–H groups in total. The molecule has 0 unspecified atom stereocenters. The van der Waals surface area contributed by atoms with Gasteiger partial charge in [0.2, 0.25) is 5.78 Å². The molecule has 1 atom stereocenters. The molecule has 40 heavy (non-hydrogen) atoms. The van der Waals surface area contributed by atoms with Crippen LogP contribution in [-0.4, -0.2) is 40.7 Å². The highest BCUT2D eigenvalue weighted by atomic mass is 16.5. The Bertz CT molecular complexity index is 1730. The number of benzene rings is 1. The molecule has 1 aromatic carbocycles. The third-order valence-electron chi connectivity index (χ3n) is 8.05. The fourth-order valence-electron chi connectivity index (χ4n) is 5.80. The van der Waals surface area contributed by atoms with Gasteiger partial charge < -0.3 is 9.51 Å². The minimum absolute atomic E-state index is 0.0910. The molecule has 0 saturated carbocycles. The number of carbonyl (C=O) groups is 1. The van der Waals surface area contributed by atoms with E-state index in [1.807, 2.05) is 58.6 Å². The van der Waals surface area contributed by atoms with Gasteiger partial charge in [-0.05, 0) is 61.8 Å². The van der Waals surface area contributed by atoms with Crippen molar-refractivity contribution in [1.82, 2.24) is 34.9 Å². The third kappa shape index (κ3) is 4.63. The number of hydrogen-bond donors (Lipinski definition) is 1. The first-order valence-electron chi connectivity index (χ1n) is 14.0. The van der Waals surface area contributed by atoms with Crippen molar-refractivity contribution in [3.05, 3.63) is 64.7 Å². The van der Waals surface area contributed by atoms with Crippen LogP contribution in [0.5, 0.6) is 0 Å². The second kappa shape index (κ2) is 9.80. The number of carbonyl (C=O) groups excluding carboxylic acids is 1. The molecule has 0 fully saturated rings. The summed E-state index contributed by atoms with van der Waals surface area (Å²) in [6, 6.07) is 8.66. The van der Waals surface area contributed by atoms with Crippen molar-refractivity contribution in [3.63, 3.8) is 0 Å².